The Labute approximate surface area is 103 Å². The highest BCUT2D eigenvalue weighted by molar-refractivity contribution is 5.89. The zero-order chi connectivity index (χ0) is 12.9. The van der Waals surface area contributed by atoms with Crippen LogP contribution in [0.15, 0.2) is 24.3 Å². The van der Waals surface area contributed by atoms with Gasteiger partial charge in [0, 0.05) is 11.0 Å². The summed E-state index contributed by atoms with van der Waals surface area (Å²) in [4.78, 5) is 11.5. The molecule has 0 aliphatic heterocycles. The molecule has 0 saturated heterocycles. The Bertz CT molecular complexity index is 456. The Morgan fingerprint density at radius 2 is 2.06 bits per heavy atom. The van der Waals surface area contributed by atoms with Gasteiger partial charge in [0.2, 0.25) is 0 Å². The van der Waals surface area contributed by atoms with Crippen LogP contribution in [-0.4, -0.2) is 12.6 Å². The van der Waals surface area contributed by atoms with E-state index in [1.165, 1.54) is 0 Å². The average molecular weight is 230 g/mol. The highest BCUT2D eigenvalue weighted by Gasteiger charge is 2.06. The Hall–Kier alpha value is -1.75. The summed E-state index contributed by atoms with van der Waals surface area (Å²) in [6, 6.07) is 7.21. The second kappa shape index (κ2) is 5.54. The summed E-state index contributed by atoms with van der Waals surface area (Å²) in [5, 5.41) is 0. The number of rotatable bonds is 2. The molecule has 0 bridgehead atoms. The molecule has 0 fully saturated rings. The number of benzene rings is 1. The van der Waals surface area contributed by atoms with Gasteiger partial charge < -0.3 is 4.74 Å². The lowest BCUT2D eigenvalue weighted by molar-refractivity contribution is 0.0526. The summed E-state index contributed by atoms with van der Waals surface area (Å²) in [5.41, 5.74) is 1.35. The van der Waals surface area contributed by atoms with Crippen molar-refractivity contribution in [3.05, 3.63) is 35.4 Å². The lowest BCUT2D eigenvalue weighted by Crippen LogP contribution is -2.04. The van der Waals surface area contributed by atoms with Crippen LogP contribution < -0.4 is 0 Å². The molecule has 0 heterocycles. The average Bonchev–Trinajstić information content (AvgIpc) is 2.26. The van der Waals surface area contributed by atoms with Crippen molar-refractivity contribution in [1.82, 2.24) is 0 Å². The third kappa shape index (κ3) is 4.74. The van der Waals surface area contributed by atoms with Gasteiger partial charge >= 0.3 is 5.97 Å². The second-order valence-corrected chi connectivity index (χ2v) is 4.80. The molecular weight excluding hydrogens is 212 g/mol. The van der Waals surface area contributed by atoms with E-state index in [-0.39, 0.29) is 11.4 Å². The van der Waals surface area contributed by atoms with Crippen molar-refractivity contribution in [3.63, 3.8) is 0 Å². The largest absolute Gasteiger partial charge is 0.462 e. The molecule has 0 amide bonds. The lowest BCUT2D eigenvalue weighted by atomic mass is 9.97. The third-order valence-electron chi connectivity index (χ3n) is 1.96. The topological polar surface area (TPSA) is 26.3 Å². The van der Waals surface area contributed by atoms with Crippen molar-refractivity contribution in [2.24, 2.45) is 5.41 Å². The Morgan fingerprint density at radius 3 is 2.65 bits per heavy atom. The smallest absolute Gasteiger partial charge is 0.338 e. The number of hydrogen-bond donors (Lipinski definition) is 0. The second-order valence-electron chi connectivity index (χ2n) is 4.80. The highest BCUT2D eigenvalue weighted by Crippen LogP contribution is 2.11. The zero-order valence-electron chi connectivity index (χ0n) is 10.8. The molecule has 0 N–H and O–H groups in total. The minimum atomic E-state index is -0.299. The van der Waals surface area contributed by atoms with E-state index < -0.39 is 0 Å². The Balaban J connectivity index is 2.93. The number of ether oxygens (including phenoxy) is 1. The molecule has 2 nitrogen and oxygen atoms in total. The Morgan fingerprint density at radius 1 is 1.35 bits per heavy atom. The van der Waals surface area contributed by atoms with Crippen molar-refractivity contribution < 1.29 is 9.53 Å². The molecule has 1 rings (SSSR count). The number of esters is 1. The van der Waals surface area contributed by atoms with E-state index in [4.69, 9.17) is 4.74 Å². The number of hydrogen-bond acceptors (Lipinski definition) is 2. The van der Waals surface area contributed by atoms with Crippen LogP contribution in [0.25, 0.3) is 0 Å². The first-order valence-corrected chi connectivity index (χ1v) is 5.73. The van der Waals surface area contributed by atoms with Gasteiger partial charge in [-0.1, -0.05) is 17.9 Å². The van der Waals surface area contributed by atoms with Crippen LogP contribution in [0.5, 0.6) is 0 Å². The molecule has 0 spiro atoms. The van der Waals surface area contributed by atoms with Crippen molar-refractivity contribution in [2.45, 2.75) is 27.7 Å². The van der Waals surface area contributed by atoms with Crippen molar-refractivity contribution in [3.8, 4) is 11.8 Å². The molecule has 2 heteroatoms. The first-order valence-electron chi connectivity index (χ1n) is 5.73. The number of carbonyl (C=O) groups is 1. The molecule has 0 aliphatic rings. The van der Waals surface area contributed by atoms with Crippen LogP contribution in [0.4, 0.5) is 0 Å². The van der Waals surface area contributed by atoms with Crippen LogP contribution in [0.2, 0.25) is 0 Å². The molecular formula is C15H18O2. The van der Waals surface area contributed by atoms with Gasteiger partial charge in [-0.3, -0.25) is 0 Å². The molecule has 0 unspecified atom stereocenters. The minimum absolute atomic E-state index is 0.0417. The molecule has 0 atom stereocenters. The minimum Gasteiger partial charge on any atom is -0.462 e. The van der Waals surface area contributed by atoms with Crippen molar-refractivity contribution in [2.75, 3.05) is 6.61 Å². The summed E-state index contributed by atoms with van der Waals surface area (Å²) in [6.07, 6.45) is 0. The maximum Gasteiger partial charge on any atom is 0.338 e. The maximum atomic E-state index is 11.5. The molecule has 0 aromatic heterocycles. The van der Waals surface area contributed by atoms with Crippen LogP contribution in [0.1, 0.15) is 43.6 Å². The highest BCUT2D eigenvalue weighted by atomic mass is 16.5. The molecule has 0 saturated carbocycles. The van der Waals surface area contributed by atoms with Crippen molar-refractivity contribution in [1.29, 1.82) is 0 Å². The first-order chi connectivity index (χ1) is 7.92. The Kier molecular flexibility index (Phi) is 4.34. The SMILES string of the molecule is CCOC(=O)c1cccc(C#CC(C)(C)C)c1. The van der Waals surface area contributed by atoms with Gasteiger partial charge in [0.25, 0.3) is 0 Å². The normalized spacial score (nSPS) is 10.4. The fourth-order valence-corrected chi connectivity index (χ4v) is 1.20. The maximum absolute atomic E-state index is 11.5. The fourth-order valence-electron chi connectivity index (χ4n) is 1.20. The van der Waals surface area contributed by atoms with Gasteiger partial charge in [0.15, 0.2) is 0 Å². The number of carbonyl (C=O) groups excluding carboxylic acids is 1. The summed E-state index contributed by atoms with van der Waals surface area (Å²) < 4.78 is 4.94. The van der Waals surface area contributed by atoms with E-state index >= 15 is 0 Å². The predicted octanol–water partition coefficient (Wildman–Crippen LogP) is 3.26. The summed E-state index contributed by atoms with van der Waals surface area (Å²) in [5.74, 6) is 5.90. The van der Waals surface area contributed by atoms with Gasteiger partial charge in [0.1, 0.15) is 0 Å². The van der Waals surface area contributed by atoms with Gasteiger partial charge in [-0.05, 0) is 45.9 Å². The molecule has 0 radical (unpaired) electrons. The third-order valence-corrected chi connectivity index (χ3v) is 1.96. The van der Waals surface area contributed by atoms with Gasteiger partial charge in [0.05, 0.1) is 12.2 Å². The van der Waals surface area contributed by atoms with E-state index in [2.05, 4.69) is 32.6 Å². The van der Waals surface area contributed by atoms with Gasteiger partial charge in [-0.15, -0.1) is 0 Å². The monoisotopic (exact) mass is 230 g/mol. The van der Waals surface area contributed by atoms with Crippen LogP contribution in [0.3, 0.4) is 0 Å². The van der Waals surface area contributed by atoms with Crippen LogP contribution in [0, 0.1) is 17.3 Å². The zero-order valence-corrected chi connectivity index (χ0v) is 10.8. The molecule has 0 aliphatic carbocycles. The molecule has 1 aromatic carbocycles. The van der Waals surface area contributed by atoms with E-state index in [1.807, 2.05) is 12.1 Å². The van der Waals surface area contributed by atoms with E-state index in [0.29, 0.717) is 12.2 Å². The lowest BCUT2D eigenvalue weighted by Gasteiger charge is -2.07. The van der Waals surface area contributed by atoms with E-state index in [1.54, 1.807) is 19.1 Å². The quantitative estimate of drug-likeness (QED) is 0.576. The standard InChI is InChI=1S/C15H18O2/c1-5-17-14(16)13-8-6-7-12(11-13)9-10-15(2,3)4/h6-8,11H,5H2,1-4H3. The van der Waals surface area contributed by atoms with Crippen LogP contribution >= 0.6 is 0 Å². The van der Waals surface area contributed by atoms with Crippen molar-refractivity contribution >= 4 is 5.97 Å². The fraction of sp³-hybridized carbons (Fsp3) is 0.400. The predicted molar refractivity (Wildman–Crippen MR) is 68.7 cm³/mol. The molecule has 90 valence electrons. The molecule has 1 aromatic rings. The van der Waals surface area contributed by atoms with E-state index in [9.17, 15) is 4.79 Å². The first kappa shape index (κ1) is 13.3. The summed E-state index contributed by atoms with van der Waals surface area (Å²) in [7, 11) is 0. The summed E-state index contributed by atoms with van der Waals surface area (Å²) in [6.45, 7) is 8.33. The van der Waals surface area contributed by atoms with E-state index in [0.717, 1.165) is 5.56 Å². The van der Waals surface area contributed by atoms with Crippen LogP contribution in [-0.2, 0) is 4.74 Å². The van der Waals surface area contributed by atoms with Gasteiger partial charge in [-0.2, -0.15) is 0 Å². The molecule has 17 heavy (non-hydrogen) atoms. The summed E-state index contributed by atoms with van der Waals surface area (Å²) >= 11 is 0. The van der Waals surface area contributed by atoms with Gasteiger partial charge in [-0.25, -0.2) is 4.79 Å².